The van der Waals surface area contributed by atoms with Gasteiger partial charge in [0, 0.05) is 18.5 Å². The molecule has 0 amide bonds. The highest BCUT2D eigenvalue weighted by molar-refractivity contribution is 5.31. The summed E-state index contributed by atoms with van der Waals surface area (Å²) < 4.78 is 0. The van der Waals surface area contributed by atoms with Gasteiger partial charge in [0.1, 0.15) is 0 Å². The van der Waals surface area contributed by atoms with Crippen LogP contribution in [0.2, 0.25) is 0 Å². The summed E-state index contributed by atoms with van der Waals surface area (Å²) in [6, 6.07) is 9.03. The lowest BCUT2D eigenvalue weighted by atomic mass is 9.86. The molecule has 2 rings (SSSR count). The van der Waals surface area contributed by atoms with Crippen LogP contribution in [0.15, 0.2) is 24.3 Å². The average Bonchev–Trinajstić information content (AvgIpc) is 2.18. The van der Waals surface area contributed by atoms with Crippen molar-refractivity contribution in [2.45, 2.75) is 44.9 Å². The van der Waals surface area contributed by atoms with Crippen LogP contribution in [0, 0.1) is 0 Å². The van der Waals surface area contributed by atoms with Crippen LogP contribution < -0.4 is 5.32 Å². The van der Waals surface area contributed by atoms with Crippen LogP contribution in [0.3, 0.4) is 0 Å². The standard InChI is InChI=1S/C13H19NO/c1-9(2)14-12-7-10-5-3-4-6-11(10)8-13(12)15/h3-6,9,12-15H,7-8H2,1-2H3/t12-,13-/m0/s1. The van der Waals surface area contributed by atoms with E-state index in [2.05, 4.69) is 37.4 Å². The normalized spacial score (nSPS) is 25.3. The van der Waals surface area contributed by atoms with Crippen LogP contribution in [-0.2, 0) is 12.8 Å². The number of aliphatic hydroxyl groups excluding tert-OH is 1. The molecule has 0 heterocycles. The summed E-state index contributed by atoms with van der Waals surface area (Å²) in [4.78, 5) is 0. The Morgan fingerprint density at radius 1 is 1.20 bits per heavy atom. The van der Waals surface area contributed by atoms with Gasteiger partial charge in [-0.15, -0.1) is 0 Å². The maximum atomic E-state index is 10.0. The van der Waals surface area contributed by atoms with E-state index in [0.29, 0.717) is 6.04 Å². The number of hydrogen-bond donors (Lipinski definition) is 2. The lowest BCUT2D eigenvalue weighted by Crippen LogP contribution is -2.48. The molecule has 15 heavy (non-hydrogen) atoms. The Hall–Kier alpha value is -0.860. The Morgan fingerprint density at radius 2 is 1.80 bits per heavy atom. The third kappa shape index (κ3) is 2.39. The van der Waals surface area contributed by atoms with E-state index in [4.69, 9.17) is 0 Å². The zero-order valence-corrected chi connectivity index (χ0v) is 9.40. The molecule has 82 valence electrons. The highest BCUT2D eigenvalue weighted by Gasteiger charge is 2.26. The summed E-state index contributed by atoms with van der Waals surface area (Å²) in [7, 11) is 0. The van der Waals surface area contributed by atoms with Crippen LogP contribution in [-0.4, -0.2) is 23.3 Å². The van der Waals surface area contributed by atoms with Gasteiger partial charge in [0.2, 0.25) is 0 Å². The van der Waals surface area contributed by atoms with E-state index in [9.17, 15) is 5.11 Å². The average molecular weight is 205 g/mol. The Labute approximate surface area is 91.3 Å². The minimum absolute atomic E-state index is 0.208. The van der Waals surface area contributed by atoms with Gasteiger partial charge in [0.25, 0.3) is 0 Å². The van der Waals surface area contributed by atoms with Crippen molar-refractivity contribution in [2.24, 2.45) is 0 Å². The van der Waals surface area contributed by atoms with Crippen molar-refractivity contribution in [3.05, 3.63) is 35.4 Å². The highest BCUT2D eigenvalue weighted by atomic mass is 16.3. The second-order valence-electron chi connectivity index (χ2n) is 4.67. The first kappa shape index (κ1) is 10.7. The number of benzene rings is 1. The molecular formula is C13H19NO. The van der Waals surface area contributed by atoms with E-state index in [1.165, 1.54) is 11.1 Å². The molecular weight excluding hydrogens is 186 g/mol. The molecule has 0 aliphatic heterocycles. The van der Waals surface area contributed by atoms with E-state index in [0.717, 1.165) is 12.8 Å². The van der Waals surface area contributed by atoms with Crippen LogP contribution in [0.5, 0.6) is 0 Å². The lowest BCUT2D eigenvalue weighted by molar-refractivity contribution is 0.115. The van der Waals surface area contributed by atoms with Crippen molar-refractivity contribution in [1.82, 2.24) is 5.32 Å². The van der Waals surface area contributed by atoms with Gasteiger partial charge in [-0.05, 0) is 17.5 Å². The molecule has 1 aliphatic rings. The number of hydrogen-bond acceptors (Lipinski definition) is 2. The molecule has 0 bridgehead atoms. The van der Waals surface area contributed by atoms with Gasteiger partial charge in [-0.2, -0.15) is 0 Å². The maximum absolute atomic E-state index is 10.0. The van der Waals surface area contributed by atoms with Gasteiger partial charge in [-0.1, -0.05) is 38.1 Å². The predicted molar refractivity (Wildman–Crippen MR) is 61.9 cm³/mol. The molecule has 0 unspecified atom stereocenters. The summed E-state index contributed by atoms with van der Waals surface area (Å²) in [5.74, 6) is 0. The SMILES string of the molecule is CC(C)N[C@H]1Cc2ccccc2C[C@@H]1O. The van der Waals surface area contributed by atoms with Crippen LogP contribution >= 0.6 is 0 Å². The molecule has 1 aromatic carbocycles. The minimum atomic E-state index is -0.248. The number of nitrogens with one attached hydrogen (secondary N) is 1. The largest absolute Gasteiger partial charge is 0.391 e. The Kier molecular flexibility index (Phi) is 3.08. The molecule has 1 aromatic rings. The lowest BCUT2D eigenvalue weighted by Gasteiger charge is -2.31. The first-order chi connectivity index (χ1) is 7.16. The number of rotatable bonds is 2. The molecule has 0 saturated heterocycles. The molecule has 2 N–H and O–H groups in total. The molecule has 0 saturated carbocycles. The Bertz CT molecular complexity index is 335. The zero-order valence-electron chi connectivity index (χ0n) is 9.40. The van der Waals surface area contributed by atoms with Crippen molar-refractivity contribution in [2.75, 3.05) is 0 Å². The van der Waals surface area contributed by atoms with Gasteiger partial charge in [-0.25, -0.2) is 0 Å². The molecule has 0 aromatic heterocycles. The highest BCUT2D eigenvalue weighted by Crippen LogP contribution is 2.21. The first-order valence-corrected chi connectivity index (χ1v) is 5.67. The van der Waals surface area contributed by atoms with Gasteiger partial charge in [0.15, 0.2) is 0 Å². The fraction of sp³-hybridized carbons (Fsp3) is 0.538. The van der Waals surface area contributed by atoms with E-state index in [-0.39, 0.29) is 12.1 Å². The summed E-state index contributed by atoms with van der Waals surface area (Å²) in [5.41, 5.74) is 2.67. The van der Waals surface area contributed by atoms with E-state index < -0.39 is 0 Å². The van der Waals surface area contributed by atoms with E-state index in [1.807, 2.05) is 6.07 Å². The molecule has 0 spiro atoms. The summed E-state index contributed by atoms with van der Waals surface area (Å²) in [6.45, 7) is 4.24. The molecule has 2 atom stereocenters. The third-order valence-corrected chi connectivity index (χ3v) is 3.00. The third-order valence-electron chi connectivity index (χ3n) is 3.00. The number of aliphatic hydroxyl groups is 1. The van der Waals surface area contributed by atoms with Crippen LogP contribution in [0.4, 0.5) is 0 Å². The van der Waals surface area contributed by atoms with Crippen LogP contribution in [0.1, 0.15) is 25.0 Å². The van der Waals surface area contributed by atoms with Crippen molar-refractivity contribution in [1.29, 1.82) is 0 Å². The Balaban J connectivity index is 2.14. The summed E-state index contributed by atoms with van der Waals surface area (Å²) in [5, 5.41) is 13.4. The van der Waals surface area contributed by atoms with E-state index in [1.54, 1.807) is 0 Å². The second-order valence-corrected chi connectivity index (χ2v) is 4.67. The molecule has 1 aliphatic carbocycles. The van der Waals surface area contributed by atoms with Crippen molar-refractivity contribution in [3.8, 4) is 0 Å². The molecule has 0 radical (unpaired) electrons. The fourth-order valence-electron chi connectivity index (χ4n) is 2.29. The monoisotopic (exact) mass is 205 g/mol. The topological polar surface area (TPSA) is 32.3 Å². The quantitative estimate of drug-likeness (QED) is 0.767. The molecule has 0 fully saturated rings. The van der Waals surface area contributed by atoms with Crippen molar-refractivity contribution < 1.29 is 5.11 Å². The maximum Gasteiger partial charge on any atom is 0.0736 e. The van der Waals surface area contributed by atoms with Crippen molar-refractivity contribution in [3.63, 3.8) is 0 Å². The van der Waals surface area contributed by atoms with Gasteiger partial charge >= 0.3 is 0 Å². The Morgan fingerprint density at radius 3 is 2.40 bits per heavy atom. The number of fused-ring (bicyclic) bond motifs is 1. The van der Waals surface area contributed by atoms with Gasteiger partial charge in [-0.3, -0.25) is 0 Å². The van der Waals surface area contributed by atoms with E-state index >= 15 is 0 Å². The summed E-state index contributed by atoms with van der Waals surface area (Å²) >= 11 is 0. The van der Waals surface area contributed by atoms with Gasteiger partial charge in [0.05, 0.1) is 6.10 Å². The molecule has 2 heteroatoms. The smallest absolute Gasteiger partial charge is 0.0736 e. The fourth-order valence-corrected chi connectivity index (χ4v) is 2.29. The molecule has 2 nitrogen and oxygen atoms in total. The predicted octanol–water partition coefficient (Wildman–Crippen LogP) is 1.51. The zero-order chi connectivity index (χ0) is 10.8. The van der Waals surface area contributed by atoms with Crippen LogP contribution in [0.25, 0.3) is 0 Å². The minimum Gasteiger partial charge on any atom is -0.391 e. The van der Waals surface area contributed by atoms with Crippen molar-refractivity contribution >= 4 is 0 Å². The first-order valence-electron chi connectivity index (χ1n) is 5.67. The van der Waals surface area contributed by atoms with Gasteiger partial charge < -0.3 is 10.4 Å². The summed E-state index contributed by atoms with van der Waals surface area (Å²) in [6.07, 6.45) is 1.47. The second kappa shape index (κ2) is 4.33.